The summed E-state index contributed by atoms with van der Waals surface area (Å²) in [6.07, 6.45) is 1.85. The summed E-state index contributed by atoms with van der Waals surface area (Å²) in [5, 5.41) is 3.14. The molecule has 8 heteroatoms. The second-order valence-electron chi connectivity index (χ2n) is 9.64. The second kappa shape index (κ2) is 9.55. The maximum absolute atomic E-state index is 14.9. The Balaban J connectivity index is 1.88. The summed E-state index contributed by atoms with van der Waals surface area (Å²) in [5.41, 5.74) is 4.07. The SMILES string of the molecule is CC(=O)Nc1cccc(-c2c(C)n(C3CC3)c(=O)c3c(Cc4ccc(I)cc4F)c(C)c(=O)oc23)c1C. The van der Waals surface area contributed by atoms with Crippen molar-refractivity contribution in [1.82, 2.24) is 4.57 Å². The summed E-state index contributed by atoms with van der Waals surface area (Å²) in [6, 6.07) is 10.5. The molecule has 0 bridgehead atoms. The molecule has 1 saturated carbocycles. The normalized spacial score (nSPS) is 13.2. The van der Waals surface area contributed by atoms with E-state index in [0.717, 1.165) is 27.5 Å². The first-order chi connectivity index (χ1) is 17.6. The third-order valence-corrected chi connectivity index (χ3v) is 7.74. The van der Waals surface area contributed by atoms with Crippen molar-refractivity contribution in [2.75, 3.05) is 5.32 Å². The molecule has 1 amide bonds. The van der Waals surface area contributed by atoms with E-state index >= 15 is 0 Å². The van der Waals surface area contributed by atoms with E-state index in [1.165, 1.54) is 13.0 Å². The predicted molar refractivity (Wildman–Crippen MR) is 151 cm³/mol. The van der Waals surface area contributed by atoms with Crippen molar-refractivity contribution in [2.24, 2.45) is 0 Å². The zero-order valence-corrected chi connectivity index (χ0v) is 23.2. The maximum atomic E-state index is 14.9. The molecule has 6 nitrogen and oxygen atoms in total. The lowest BCUT2D eigenvalue weighted by Gasteiger charge is -2.20. The van der Waals surface area contributed by atoms with Crippen LogP contribution in [0, 0.1) is 30.2 Å². The quantitative estimate of drug-likeness (QED) is 0.273. The van der Waals surface area contributed by atoms with E-state index in [2.05, 4.69) is 5.32 Å². The first kappa shape index (κ1) is 25.4. The molecule has 37 heavy (non-hydrogen) atoms. The van der Waals surface area contributed by atoms with Crippen LogP contribution in [-0.2, 0) is 11.2 Å². The largest absolute Gasteiger partial charge is 0.422 e. The molecule has 2 aromatic heterocycles. The molecular weight excluding hydrogens is 586 g/mol. The maximum Gasteiger partial charge on any atom is 0.339 e. The summed E-state index contributed by atoms with van der Waals surface area (Å²) < 4.78 is 23.3. The number of nitrogens with one attached hydrogen (secondary N) is 1. The molecule has 2 heterocycles. The van der Waals surface area contributed by atoms with Crippen LogP contribution < -0.4 is 16.5 Å². The third kappa shape index (κ3) is 4.52. The molecule has 0 aliphatic heterocycles. The molecule has 0 atom stereocenters. The van der Waals surface area contributed by atoms with Crippen LogP contribution in [0.4, 0.5) is 10.1 Å². The monoisotopic (exact) mass is 612 g/mol. The number of hydrogen-bond donors (Lipinski definition) is 1. The molecule has 190 valence electrons. The van der Waals surface area contributed by atoms with E-state index < -0.39 is 5.63 Å². The molecule has 1 fully saturated rings. The third-order valence-electron chi connectivity index (χ3n) is 7.07. The van der Waals surface area contributed by atoms with Crippen molar-refractivity contribution < 1.29 is 13.6 Å². The van der Waals surface area contributed by atoms with Crippen LogP contribution in [0.1, 0.15) is 53.8 Å². The lowest BCUT2D eigenvalue weighted by molar-refractivity contribution is -0.114. The highest BCUT2D eigenvalue weighted by molar-refractivity contribution is 14.1. The first-order valence-corrected chi connectivity index (χ1v) is 13.2. The van der Waals surface area contributed by atoms with Gasteiger partial charge in [-0.2, -0.15) is 0 Å². The van der Waals surface area contributed by atoms with Gasteiger partial charge < -0.3 is 14.3 Å². The number of anilines is 1. The van der Waals surface area contributed by atoms with Crippen molar-refractivity contribution in [2.45, 2.75) is 53.0 Å². The van der Waals surface area contributed by atoms with Crippen LogP contribution in [0.5, 0.6) is 0 Å². The van der Waals surface area contributed by atoms with Gasteiger partial charge in [-0.1, -0.05) is 18.2 Å². The van der Waals surface area contributed by atoms with Gasteiger partial charge in [-0.3, -0.25) is 9.59 Å². The van der Waals surface area contributed by atoms with Gasteiger partial charge in [0.05, 0.1) is 5.39 Å². The number of rotatable bonds is 5. The highest BCUT2D eigenvalue weighted by Crippen LogP contribution is 2.41. The van der Waals surface area contributed by atoms with Gasteiger partial charge in [0.15, 0.2) is 5.58 Å². The number of aromatic nitrogens is 1. The highest BCUT2D eigenvalue weighted by atomic mass is 127. The number of carbonyl (C=O) groups is 1. The molecule has 0 unspecified atom stereocenters. The van der Waals surface area contributed by atoms with Crippen LogP contribution in [0.2, 0.25) is 0 Å². The number of nitrogens with zero attached hydrogens (tertiary/aromatic N) is 1. The molecule has 2 aromatic carbocycles. The summed E-state index contributed by atoms with van der Waals surface area (Å²) in [5.74, 6) is -0.588. The average molecular weight is 612 g/mol. The molecule has 4 aromatic rings. The summed E-state index contributed by atoms with van der Waals surface area (Å²) in [7, 11) is 0. The fraction of sp³-hybridized carbons (Fsp3) is 0.276. The predicted octanol–water partition coefficient (Wildman–Crippen LogP) is 6.17. The fourth-order valence-corrected chi connectivity index (χ4v) is 5.48. The van der Waals surface area contributed by atoms with E-state index in [4.69, 9.17) is 4.42 Å². The molecule has 1 N–H and O–H groups in total. The van der Waals surface area contributed by atoms with Crippen molar-refractivity contribution in [3.63, 3.8) is 0 Å². The van der Waals surface area contributed by atoms with Gasteiger partial charge in [-0.15, -0.1) is 0 Å². The van der Waals surface area contributed by atoms with Gasteiger partial charge in [-0.05, 0) is 96.7 Å². The van der Waals surface area contributed by atoms with Gasteiger partial charge >= 0.3 is 5.63 Å². The Morgan fingerprint density at radius 1 is 1.14 bits per heavy atom. The minimum absolute atomic E-state index is 0.0598. The smallest absolute Gasteiger partial charge is 0.339 e. The van der Waals surface area contributed by atoms with Crippen molar-refractivity contribution >= 4 is 45.2 Å². The van der Waals surface area contributed by atoms with E-state index in [1.54, 1.807) is 29.7 Å². The van der Waals surface area contributed by atoms with Gasteiger partial charge in [0.25, 0.3) is 5.56 Å². The minimum atomic E-state index is -0.562. The summed E-state index contributed by atoms with van der Waals surface area (Å²) >= 11 is 2.05. The second-order valence-corrected chi connectivity index (χ2v) is 10.9. The van der Waals surface area contributed by atoms with Gasteiger partial charge in [0.1, 0.15) is 5.82 Å². The summed E-state index contributed by atoms with van der Waals surface area (Å²) in [4.78, 5) is 38.9. The Hall–Kier alpha value is -3.27. The molecule has 0 saturated heterocycles. The zero-order valence-electron chi connectivity index (χ0n) is 21.0. The van der Waals surface area contributed by atoms with Gasteiger partial charge in [0.2, 0.25) is 5.91 Å². The van der Waals surface area contributed by atoms with E-state index in [0.29, 0.717) is 39.0 Å². The van der Waals surface area contributed by atoms with Crippen molar-refractivity contribution in [3.05, 3.63) is 94.5 Å². The molecule has 0 spiro atoms. The van der Waals surface area contributed by atoms with Crippen molar-refractivity contribution in [1.29, 1.82) is 0 Å². The lowest BCUT2D eigenvalue weighted by atomic mass is 9.92. The number of fused-ring (bicyclic) bond motifs is 1. The van der Waals surface area contributed by atoms with Crippen molar-refractivity contribution in [3.8, 4) is 11.1 Å². The Morgan fingerprint density at radius 2 is 1.86 bits per heavy atom. The van der Waals surface area contributed by atoms with Crippen LogP contribution in [0.25, 0.3) is 22.1 Å². The Kier molecular flexibility index (Phi) is 6.55. The van der Waals surface area contributed by atoms with Crippen LogP contribution in [0.3, 0.4) is 0 Å². The average Bonchev–Trinajstić information content (AvgIpc) is 3.65. The number of hydrogen-bond acceptors (Lipinski definition) is 4. The minimum Gasteiger partial charge on any atom is -0.422 e. The number of benzene rings is 2. The fourth-order valence-electron chi connectivity index (χ4n) is 5.03. The zero-order chi connectivity index (χ0) is 26.6. The molecule has 1 aliphatic rings. The topological polar surface area (TPSA) is 81.3 Å². The van der Waals surface area contributed by atoms with E-state index in [1.807, 2.05) is 48.6 Å². The molecule has 5 rings (SSSR count). The number of carbonyl (C=O) groups excluding carboxylic acids is 1. The Labute approximate surface area is 226 Å². The number of amides is 1. The highest BCUT2D eigenvalue weighted by Gasteiger charge is 2.31. The van der Waals surface area contributed by atoms with Gasteiger partial charge in [0, 0.05) is 45.5 Å². The number of halogens is 2. The Morgan fingerprint density at radius 3 is 2.51 bits per heavy atom. The Bertz CT molecular complexity index is 1720. The van der Waals surface area contributed by atoms with Gasteiger partial charge in [-0.25, -0.2) is 9.18 Å². The number of pyridine rings is 1. The molecule has 0 radical (unpaired) electrons. The first-order valence-electron chi connectivity index (χ1n) is 12.1. The van der Waals surface area contributed by atoms with E-state index in [-0.39, 0.29) is 35.3 Å². The standard InChI is InChI=1S/C29H26FIN2O4/c1-14-21(6-5-7-24(14)32-17(4)34)25-16(3)33(20-10-11-20)28(35)26-22(15(2)29(36)37-27(25)26)12-18-8-9-19(31)13-23(18)30/h5-9,13,20H,10-12H2,1-4H3,(H,32,34). The molecule has 1 aliphatic carbocycles. The van der Waals surface area contributed by atoms with Crippen LogP contribution in [0.15, 0.2) is 50.4 Å². The van der Waals surface area contributed by atoms with Crippen LogP contribution >= 0.6 is 22.6 Å². The van der Waals surface area contributed by atoms with E-state index in [9.17, 15) is 18.8 Å². The van der Waals surface area contributed by atoms with Crippen LogP contribution in [-0.4, -0.2) is 10.5 Å². The molecular formula is C29H26FIN2O4. The lowest BCUT2D eigenvalue weighted by Crippen LogP contribution is -2.26. The summed E-state index contributed by atoms with van der Waals surface area (Å²) in [6.45, 7) is 6.80.